The van der Waals surface area contributed by atoms with Crippen LogP contribution in [0.2, 0.25) is 0 Å². The van der Waals surface area contributed by atoms with Crippen molar-refractivity contribution in [3.63, 3.8) is 0 Å². The summed E-state index contributed by atoms with van der Waals surface area (Å²) < 4.78 is 2.62. The molecular weight excluding hydrogens is 681 g/mol. The molecule has 2 atom stereocenters. The van der Waals surface area contributed by atoms with Crippen molar-refractivity contribution in [2.24, 2.45) is 5.92 Å². The average molecular weight is 727 g/mol. The number of hydrogen-bond donors (Lipinski definition) is 0. The quantitative estimate of drug-likeness (QED) is 0.164. The Balaban J connectivity index is 1.21. The van der Waals surface area contributed by atoms with E-state index in [9.17, 15) is 0 Å². The van der Waals surface area contributed by atoms with Crippen LogP contribution in [0.25, 0.3) is 51.5 Å². The topological polar surface area (TPSA) is 43.6 Å². The van der Waals surface area contributed by atoms with E-state index < -0.39 is 0 Å². The monoisotopic (exact) mass is 726 g/mol. The average Bonchev–Trinajstić information content (AvgIpc) is 3.60. The number of aromatic nitrogens is 4. The standard InChI is InChI=1S/C52H46N4/c1-35-26-30-48-45(32-35)43-24-14-15-25-47(43)56(48)49-31-28-41(44-33-40(36-16-6-2-7-17-36)27-29-42(44)37-18-8-3-9-19-37)34-46(49)52-54-50(38-20-10-4-11-21-38)53-51(55-52)39-22-12-5-13-23-39/h3-6,8-14,16-24,27-29,31,34-35,44H,2,7,15,25-26,30,32-33H2,1H3. The number of rotatable bonds is 7. The van der Waals surface area contributed by atoms with Crippen LogP contribution in [0, 0.1) is 5.92 Å². The van der Waals surface area contributed by atoms with Crippen LogP contribution in [0.1, 0.15) is 78.6 Å². The van der Waals surface area contributed by atoms with Crippen LogP contribution < -0.4 is 0 Å². The minimum absolute atomic E-state index is 0.154. The molecular formula is C52H46N4. The maximum absolute atomic E-state index is 5.36. The van der Waals surface area contributed by atoms with E-state index in [1.165, 1.54) is 56.8 Å². The molecule has 0 fully saturated rings. The molecule has 0 spiro atoms. The van der Waals surface area contributed by atoms with Crippen molar-refractivity contribution >= 4 is 11.6 Å². The summed E-state index contributed by atoms with van der Waals surface area (Å²) in [5.41, 5.74) is 16.6. The van der Waals surface area contributed by atoms with Gasteiger partial charge >= 0.3 is 0 Å². The maximum Gasteiger partial charge on any atom is 0.166 e. The van der Waals surface area contributed by atoms with Crippen molar-refractivity contribution in [3.8, 4) is 39.9 Å². The second kappa shape index (κ2) is 14.8. The van der Waals surface area contributed by atoms with E-state index in [0.29, 0.717) is 23.4 Å². The largest absolute Gasteiger partial charge is 0.316 e. The van der Waals surface area contributed by atoms with Gasteiger partial charge in [0.15, 0.2) is 17.5 Å². The first-order valence-corrected chi connectivity index (χ1v) is 20.4. The Morgan fingerprint density at radius 3 is 1.98 bits per heavy atom. The summed E-state index contributed by atoms with van der Waals surface area (Å²) in [6.07, 6.45) is 25.1. The zero-order chi connectivity index (χ0) is 37.4. The molecule has 0 aliphatic heterocycles. The molecule has 4 aliphatic rings. The van der Waals surface area contributed by atoms with Crippen LogP contribution in [0.4, 0.5) is 0 Å². The summed E-state index contributed by atoms with van der Waals surface area (Å²) in [5.74, 6) is 2.90. The van der Waals surface area contributed by atoms with Gasteiger partial charge in [-0.05, 0) is 108 Å². The number of benzene rings is 4. The van der Waals surface area contributed by atoms with Gasteiger partial charge in [0.25, 0.3) is 0 Å². The Hall–Kier alpha value is -6.13. The van der Waals surface area contributed by atoms with Crippen LogP contribution in [-0.2, 0) is 19.3 Å². The van der Waals surface area contributed by atoms with E-state index in [1.54, 1.807) is 0 Å². The van der Waals surface area contributed by atoms with Crippen LogP contribution in [-0.4, -0.2) is 19.5 Å². The molecule has 274 valence electrons. The number of nitrogens with zero attached hydrogens (tertiary/aromatic N) is 4. The van der Waals surface area contributed by atoms with Crippen LogP contribution in [0.5, 0.6) is 0 Å². The molecule has 56 heavy (non-hydrogen) atoms. The van der Waals surface area contributed by atoms with Crippen molar-refractivity contribution in [1.29, 1.82) is 0 Å². The van der Waals surface area contributed by atoms with Gasteiger partial charge in [0.2, 0.25) is 0 Å². The summed E-state index contributed by atoms with van der Waals surface area (Å²) in [6.45, 7) is 2.41. The highest BCUT2D eigenvalue weighted by Crippen LogP contribution is 2.45. The fraction of sp³-hybridized carbons (Fsp3) is 0.212. The minimum atomic E-state index is 0.154. The van der Waals surface area contributed by atoms with E-state index in [0.717, 1.165) is 67.3 Å². The van der Waals surface area contributed by atoms with Gasteiger partial charge < -0.3 is 4.57 Å². The van der Waals surface area contributed by atoms with Crippen LogP contribution in [0.15, 0.2) is 157 Å². The minimum Gasteiger partial charge on any atom is -0.316 e. The fourth-order valence-corrected chi connectivity index (χ4v) is 9.30. The molecule has 2 heterocycles. The highest BCUT2D eigenvalue weighted by molar-refractivity contribution is 5.80. The molecule has 10 rings (SSSR count). The second-order valence-corrected chi connectivity index (χ2v) is 15.8. The van der Waals surface area contributed by atoms with Gasteiger partial charge in [-0.2, -0.15) is 0 Å². The highest BCUT2D eigenvalue weighted by Gasteiger charge is 2.31. The van der Waals surface area contributed by atoms with Crippen molar-refractivity contribution < 1.29 is 0 Å². The summed E-state index contributed by atoms with van der Waals surface area (Å²) in [6, 6.07) is 38.8. The normalized spacial score (nSPS) is 18.8. The molecule has 2 unspecified atom stereocenters. The molecule has 0 N–H and O–H groups in total. The number of hydrogen-bond acceptors (Lipinski definition) is 3. The van der Waals surface area contributed by atoms with E-state index in [4.69, 9.17) is 15.0 Å². The Kier molecular flexibility index (Phi) is 9.11. The first-order chi connectivity index (χ1) is 27.7. The predicted octanol–water partition coefficient (Wildman–Crippen LogP) is 12.5. The maximum atomic E-state index is 5.36. The lowest BCUT2D eigenvalue weighted by molar-refractivity contribution is 0.493. The molecule has 0 bridgehead atoms. The van der Waals surface area contributed by atoms with Crippen molar-refractivity contribution in [2.45, 2.75) is 64.2 Å². The molecule has 4 aliphatic carbocycles. The zero-order valence-electron chi connectivity index (χ0n) is 32.0. The Bertz CT molecular complexity index is 2530. The van der Waals surface area contributed by atoms with Gasteiger partial charge in [-0.3, -0.25) is 0 Å². The van der Waals surface area contributed by atoms with Crippen LogP contribution in [0.3, 0.4) is 0 Å². The van der Waals surface area contributed by atoms with Gasteiger partial charge in [0, 0.05) is 34.0 Å². The van der Waals surface area contributed by atoms with Gasteiger partial charge in [-0.25, -0.2) is 15.0 Å². The zero-order valence-corrected chi connectivity index (χ0v) is 32.0. The van der Waals surface area contributed by atoms with Gasteiger partial charge in [-0.1, -0.05) is 147 Å². The summed E-state index contributed by atoms with van der Waals surface area (Å²) in [4.78, 5) is 15.8. The Labute approximate surface area is 330 Å². The predicted molar refractivity (Wildman–Crippen MR) is 230 cm³/mol. The first kappa shape index (κ1) is 34.4. The summed E-state index contributed by atoms with van der Waals surface area (Å²) >= 11 is 0. The van der Waals surface area contributed by atoms with Gasteiger partial charge in [0.1, 0.15) is 0 Å². The molecule has 4 aromatic carbocycles. The van der Waals surface area contributed by atoms with Crippen molar-refractivity contribution in [2.75, 3.05) is 0 Å². The first-order valence-electron chi connectivity index (χ1n) is 20.4. The number of fused-ring (bicyclic) bond motifs is 3. The molecule has 4 nitrogen and oxygen atoms in total. The Morgan fingerprint density at radius 1 is 0.607 bits per heavy atom. The molecule has 0 radical (unpaired) electrons. The van der Waals surface area contributed by atoms with Crippen LogP contribution >= 0.6 is 0 Å². The number of allylic oxidation sites excluding steroid dienone is 9. The second-order valence-electron chi connectivity index (χ2n) is 15.8. The SMILES string of the molecule is CC1CCc2c(c3c(n2-c2ccc(C4CC(C5=CCCC=C5)=CC=C4c4ccccc4)cc2-c2nc(-c4ccccc4)nc(-c4ccccc4)n2)CCC=C3)C1. The lowest BCUT2D eigenvalue weighted by Crippen LogP contribution is -2.15. The molecule has 0 amide bonds. The third-order valence-electron chi connectivity index (χ3n) is 12.1. The lowest BCUT2D eigenvalue weighted by atomic mass is 9.76. The van der Waals surface area contributed by atoms with E-state index in [1.807, 2.05) is 12.1 Å². The lowest BCUT2D eigenvalue weighted by Gasteiger charge is -2.28. The van der Waals surface area contributed by atoms with Crippen molar-refractivity contribution in [1.82, 2.24) is 19.5 Å². The van der Waals surface area contributed by atoms with E-state index in [-0.39, 0.29) is 5.92 Å². The van der Waals surface area contributed by atoms with Crippen molar-refractivity contribution in [3.05, 3.63) is 190 Å². The fourth-order valence-electron chi connectivity index (χ4n) is 9.30. The van der Waals surface area contributed by atoms with Gasteiger partial charge in [0.05, 0.1) is 5.69 Å². The summed E-state index contributed by atoms with van der Waals surface area (Å²) in [5, 5.41) is 0. The molecule has 6 aromatic rings. The molecule has 0 saturated heterocycles. The highest BCUT2D eigenvalue weighted by atomic mass is 15.1. The Morgan fingerprint density at radius 2 is 1.29 bits per heavy atom. The smallest absolute Gasteiger partial charge is 0.166 e. The third kappa shape index (κ3) is 6.43. The third-order valence-corrected chi connectivity index (χ3v) is 12.1. The molecule has 2 aromatic heterocycles. The van der Waals surface area contributed by atoms with E-state index in [2.05, 4.69) is 151 Å². The van der Waals surface area contributed by atoms with E-state index >= 15 is 0 Å². The summed E-state index contributed by atoms with van der Waals surface area (Å²) in [7, 11) is 0. The van der Waals surface area contributed by atoms with Gasteiger partial charge in [-0.15, -0.1) is 0 Å². The molecule has 4 heteroatoms. The molecule has 0 saturated carbocycles.